The van der Waals surface area contributed by atoms with Crippen LogP contribution in [0, 0.1) is 39.0 Å². The fourth-order valence-electron chi connectivity index (χ4n) is 3.59. The molecule has 3 heterocycles. The van der Waals surface area contributed by atoms with E-state index in [1.165, 1.54) is 0 Å². The summed E-state index contributed by atoms with van der Waals surface area (Å²) in [6, 6.07) is 3.77. The molecule has 2 aromatic rings. The third-order valence-electron chi connectivity index (χ3n) is 5.33. The minimum Gasteiger partial charge on any atom is -0.376 e. The number of aromatic nitrogens is 3. The molecule has 1 fully saturated rings. The van der Waals surface area contributed by atoms with Crippen LogP contribution in [0.25, 0.3) is 0 Å². The maximum atomic E-state index is 12.9. The summed E-state index contributed by atoms with van der Waals surface area (Å²) in [5, 5.41) is 13.4. The van der Waals surface area contributed by atoms with E-state index >= 15 is 0 Å². The molecule has 27 heavy (non-hydrogen) atoms. The van der Waals surface area contributed by atoms with Gasteiger partial charge in [-0.3, -0.25) is 9.59 Å². The van der Waals surface area contributed by atoms with Crippen LogP contribution >= 0.6 is 0 Å². The van der Waals surface area contributed by atoms with Gasteiger partial charge in [0.2, 0.25) is 0 Å². The molecule has 3 rings (SSSR count). The maximum Gasteiger partial charge on any atom is 0.285 e. The highest BCUT2D eigenvalue weighted by Crippen LogP contribution is 2.21. The zero-order valence-electron chi connectivity index (χ0n) is 16.2. The fourth-order valence-corrected chi connectivity index (χ4v) is 3.59. The smallest absolute Gasteiger partial charge is 0.285 e. The van der Waals surface area contributed by atoms with Crippen molar-refractivity contribution in [3.8, 4) is 6.07 Å². The SMILES string of the molecule is Cc1nn(CC(=O)c2cc(C)n(C[C@@H]3CCCO3)c2C)c(=O)c(C#N)c1C. The number of carbonyl (C=O) groups excluding carboxylic acids is 1. The van der Waals surface area contributed by atoms with Crippen LogP contribution in [0.2, 0.25) is 0 Å². The van der Waals surface area contributed by atoms with Crippen molar-refractivity contribution >= 4 is 5.78 Å². The van der Waals surface area contributed by atoms with E-state index in [2.05, 4.69) is 9.67 Å². The van der Waals surface area contributed by atoms with Crippen LogP contribution < -0.4 is 5.56 Å². The summed E-state index contributed by atoms with van der Waals surface area (Å²) in [4.78, 5) is 25.3. The van der Waals surface area contributed by atoms with Crippen LogP contribution in [0.15, 0.2) is 10.9 Å². The van der Waals surface area contributed by atoms with Gasteiger partial charge in [0.25, 0.3) is 5.56 Å². The number of rotatable bonds is 5. The standard InChI is InChI=1S/C20H24N4O3/c1-12-8-17(15(4)23(12)10-16-6-5-7-27-16)19(25)11-24-20(26)18(9-21)13(2)14(3)22-24/h8,16H,5-7,10-11H2,1-4H3/t16-/m0/s1. The van der Waals surface area contributed by atoms with Crippen LogP contribution in [0.3, 0.4) is 0 Å². The molecule has 0 amide bonds. The highest BCUT2D eigenvalue weighted by atomic mass is 16.5. The Morgan fingerprint density at radius 1 is 1.37 bits per heavy atom. The summed E-state index contributed by atoms with van der Waals surface area (Å²) in [5.41, 5.74) is 3.08. The molecule has 1 atom stereocenters. The predicted octanol–water partition coefficient (Wildman–Crippen LogP) is 2.21. The second kappa shape index (κ2) is 7.49. The van der Waals surface area contributed by atoms with Gasteiger partial charge in [-0.05, 0) is 52.2 Å². The van der Waals surface area contributed by atoms with Gasteiger partial charge in [-0.15, -0.1) is 0 Å². The van der Waals surface area contributed by atoms with Gasteiger partial charge in [-0.1, -0.05) is 0 Å². The average Bonchev–Trinajstić information content (AvgIpc) is 3.24. The second-order valence-electron chi connectivity index (χ2n) is 7.11. The Bertz CT molecular complexity index is 988. The number of carbonyl (C=O) groups is 1. The number of hydrogen-bond donors (Lipinski definition) is 0. The van der Waals surface area contributed by atoms with Gasteiger partial charge >= 0.3 is 0 Å². The van der Waals surface area contributed by atoms with Crippen molar-refractivity contribution in [2.75, 3.05) is 6.61 Å². The molecule has 0 saturated carbocycles. The Kier molecular flexibility index (Phi) is 5.29. The lowest BCUT2D eigenvalue weighted by atomic mass is 10.1. The molecule has 1 aliphatic rings. The molecular weight excluding hydrogens is 344 g/mol. The molecule has 0 radical (unpaired) electrons. The molecule has 0 unspecified atom stereocenters. The molecular formula is C20H24N4O3. The summed E-state index contributed by atoms with van der Waals surface area (Å²) in [6.45, 7) is 8.62. The zero-order chi connectivity index (χ0) is 19.7. The molecule has 2 aromatic heterocycles. The van der Waals surface area contributed by atoms with Crippen molar-refractivity contribution in [3.63, 3.8) is 0 Å². The minimum atomic E-state index is -0.526. The van der Waals surface area contributed by atoms with Crippen LogP contribution in [-0.2, 0) is 17.8 Å². The summed E-state index contributed by atoms with van der Waals surface area (Å²) >= 11 is 0. The largest absolute Gasteiger partial charge is 0.376 e. The number of ether oxygens (including phenoxy) is 1. The molecule has 1 aliphatic heterocycles. The Hall–Kier alpha value is -2.72. The Balaban J connectivity index is 1.88. The van der Waals surface area contributed by atoms with Gasteiger partial charge in [0.05, 0.1) is 11.8 Å². The average molecular weight is 368 g/mol. The number of nitrogens with zero attached hydrogens (tertiary/aromatic N) is 4. The molecule has 7 nitrogen and oxygen atoms in total. The highest BCUT2D eigenvalue weighted by molar-refractivity contribution is 5.97. The van der Waals surface area contributed by atoms with E-state index in [0.717, 1.165) is 42.1 Å². The van der Waals surface area contributed by atoms with E-state index in [0.29, 0.717) is 16.8 Å². The topological polar surface area (TPSA) is 89.9 Å². The first kappa shape index (κ1) is 19.1. The minimum absolute atomic E-state index is 0.0409. The maximum absolute atomic E-state index is 12.9. The molecule has 142 valence electrons. The second-order valence-corrected chi connectivity index (χ2v) is 7.11. The van der Waals surface area contributed by atoms with Gasteiger partial charge in [0, 0.05) is 30.1 Å². The number of aryl methyl sites for hydroxylation is 2. The van der Waals surface area contributed by atoms with E-state index in [4.69, 9.17) is 4.74 Å². The van der Waals surface area contributed by atoms with E-state index < -0.39 is 5.56 Å². The van der Waals surface area contributed by atoms with Crippen LogP contribution in [0.5, 0.6) is 0 Å². The lowest BCUT2D eigenvalue weighted by Gasteiger charge is -2.15. The molecule has 7 heteroatoms. The van der Waals surface area contributed by atoms with Crippen molar-refractivity contribution in [3.05, 3.63) is 50.2 Å². The van der Waals surface area contributed by atoms with Gasteiger partial charge in [-0.2, -0.15) is 10.4 Å². The van der Waals surface area contributed by atoms with Crippen molar-refractivity contribution in [1.29, 1.82) is 5.26 Å². The number of nitriles is 1. The van der Waals surface area contributed by atoms with Crippen molar-refractivity contribution in [2.45, 2.75) is 59.7 Å². The van der Waals surface area contributed by atoms with E-state index in [-0.39, 0.29) is 24.0 Å². The lowest BCUT2D eigenvalue weighted by Crippen LogP contribution is -2.30. The first-order valence-electron chi connectivity index (χ1n) is 9.13. The Labute approximate surface area is 158 Å². The molecule has 0 N–H and O–H groups in total. The van der Waals surface area contributed by atoms with Crippen molar-refractivity contribution in [1.82, 2.24) is 14.3 Å². The fraction of sp³-hybridized carbons (Fsp3) is 0.500. The van der Waals surface area contributed by atoms with Gasteiger partial charge < -0.3 is 9.30 Å². The van der Waals surface area contributed by atoms with E-state index in [1.807, 2.05) is 26.0 Å². The molecule has 0 spiro atoms. The van der Waals surface area contributed by atoms with E-state index in [1.54, 1.807) is 13.8 Å². The number of hydrogen-bond acceptors (Lipinski definition) is 5. The summed E-state index contributed by atoms with van der Waals surface area (Å²) in [7, 11) is 0. The predicted molar refractivity (Wildman–Crippen MR) is 99.9 cm³/mol. The summed E-state index contributed by atoms with van der Waals surface area (Å²) in [5.74, 6) is -0.191. The quantitative estimate of drug-likeness (QED) is 0.755. The van der Waals surface area contributed by atoms with Crippen LogP contribution in [0.1, 0.15) is 51.4 Å². The van der Waals surface area contributed by atoms with Crippen LogP contribution in [-0.4, -0.2) is 32.8 Å². The molecule has 0 bridgehead atoms. The van der Waals surface area contributed by atoms with Gasteiger partial charge in [-0.25, -0.2) is 4.68 Å². The van der Waals surface area contributed by atoms with Gasteiger partial charge in [0.1, 0.15) is 18.2 Å². The normalized spacial score (nSPS) is 16.5. The molecule has 0 aliphatic carbocycles. The number of Topliss-reactive ketones (excluding diaryl/α,β-unsaturated/α-hetero) is 1. The van der Waals surface area contributed by atoms with E-state index in [9.17, 15) is 14.9 Å². The third-order valence-corrected chi connectivity index (χ3v) is 5.33. The van der Waals surface area contributed by atoms with Crippen molar-refractivity contribution in [2.24, 2.45) is 0 Å². The summed E-state index contributed by atoms with van der Waals surface area (Å²) in [6.07, 6.45) is 2.28. The van der Waals surface area contributed by atoms with Crippen LogP contribution in [0.4, 0.5) is 0 Å². The van der Waals surface area contributed by atoms with Gasteiger partial charge in [0.15, 0.2) is 5.78 Å². The monoisotopic (exact) mass is 368 g/mol. The Morgan fingerprint density at radius 2 is 2.11 bits per heavy atom. The Morgan fingerprint density at radius 3 is 2.74 bits per heavy atom. The third kappa shape index (κ3) is 3.58. The first-order valence-corrected chi connectivity index (χ1v) is 9.13. The number of ketones is 1. The molecule has 0 aromatic carbocycles. The zero-order valence-corrected chi connectivity index (χ0v) is 16.2. The highest BCUT2D eigenvalue weighted by Gasteiger charge is 2.22. The summed E-state index contributed by atoms with van der Waals surface area (Å²) < 4.78 is 8.90. The molecule has 1 saturated heterocycles. The lowest BCUT2D eigenvalue weighted by molar-refractivity contribution is 0.0945. The van der Waals surface area contributed by atoms with Crippen molar-refractivity contribution < 1.29 is 9.53 Å². The first-order chi connectivity index (χ1) is 12.8.